The lowest BCUT2D eigenvalue weighted by Gasteiger charge is -2.09. The highest BCUT2D eigenvalue weighted by atomic mass is 32.2. The molecule has 17 heavy (non-hydrogen) atoms. The molecule has 0 bridgehead atoms. The van der Waals surface area contributed by atoms with Crippen LogP contribution in [0.3, 0.4) is 0 Å². The zero-order chi connectivity index (χ0) is 13.2. The minimum absolute atomic E-state index is 0.221. The van der Waals surface area contributed by atoms with Gasteiger partial charge in [0, 0.05) is 23.1 Å². The molecule has 0 amide bonds. The van der Waals surface area contributed by atoms with Crippen molar-refractivity contribution >= 4 is 11.8 Å². The summed E-state index contributed by atoms with van der Waals surface area (Å²) in [5, 5.41) is 0. The van der Waals surface area contributed by atoms with Crippen molar-refractivity contribution in [1.29, 1.82) is 0 Å². The molecule has 0 spiro atoms. The van der Waals surface area contributed by atoms with E-state index in [-0.39, 0.29) is 11.8 Å². The monoisotopic (exact) mass is 271 g/mol. The Kier molecular flexibility index (Phi) is 4.76. The maximum Gasteiger partial charge on any atom is 0.200 e. The first kappa shape index (κ1) is 14.2. The fourth-order valence-corrected chi connectivity index (χ4v) is 2.07. The first-order valence-electron chi connectivity index (χ1n) is 4.69. The zero-order valence-electron chi connectivity index (χ0n) is 8.87. The molecule has 1 atom stereocenters. The first-order valence-corrected chi connectivity index (χ1v) is 5.85. The van der Waals surface area contributed by atoms with Crippen molar-refractivity contribution in [3.05, 3.63) is 34.6 Å². The van der Waals surface area contributed by atoms with Gasteiger partial charge in [0.15, 0.2) is 23.3 Å². The van der Waals surface area contributed by atoms with Crippen molar-refractivity contribution in [2.45, 2.75) is 18.7 Å². The third kappa shape index (κ3) is 3.10. The molecule has 0 aliphatic heterocycles. The van der Waals surface area contributed by atoms with Gasteiger partial charge in [-0.15, -0.1) is 0 Å². The van der Waals surface area contributed by atoms with Crippen LogP contribution < -0.4 is 5.73 Å². The minimum atomic E-state index is -2.14. The fraction of sp³-hybridized carbons (Fsp3) is 0.400. The highest BCUT2D eigenvalue weighted by molar-refractivity contribution is 7.98. The summed E-state index contributed by atoms with van der Waals surface area (Å²) < 4.78 is 64.6. The average molecular weight is 271 g/mol. The van der Waals surface area contributed by atoms with Crippen molar-refractivity contribution in [2.24, 2.45) is 5.73 Å². The van der Waals surface area contributed by atoms with Crippen LogP contribution in [0.15, 0.2) is 0 Å². The normalized spacial score (nSPS) is 12.9. The first-order chi connectivity index (χ1) is 7.86. The third-order valence-electron chi connectivity index (χ3n) is 1.93. The highest BCUT2D eigenvalue weighted by Gasteiger charge is 2.25. The van der Waals surface area contributed by atoms with Crippen LogP contribution in [0, 0.1) is 29.1 Å². The summed E-state index contributed by atoms with van der Waals surface area (Å²) in [6, 6.07) is -0.221. The standard InChI is InChI=1S/C10H10F5NS/c1-4(16)2-17-3-5-6(11)8(13)10(15)9(14)7(5)12/h4H,2-3,16H2,1H3. The fourth-order valence-electron chi connectivity index (χ4n) is 1.12. The lowest BCUT2D eigenvalue weighted by Crippen LogP contribution is -2.17. The predicted octanol–water partition coefficient (Wildman–Crippen LogP) is 2.96. The van der Waals surface area contributed by atoms with Crippen LogP contribution in [0.2, 0.25) is 0 Å². The smallest absolute Gasteiger partial charge is 0.200 e. The van der Waals surface area contributed by atoms with Crippen LogP contribution >= 0.6 is 11.8 Å². The van der Waals surface area contributed by atoms with Crippen LogP contribution in [-0.2, 0) is 5.75 Å². The van der Waals surface area contributed by atoms with E-state index in [0.29, 0.717) is 5.75 Å². The molecule has 0 aromatic heterocycles. The second kappa shape index (κ2) is 5.68. The molecule has 0 aliphatic rings. The summed E-state index contributed by atoms with van der Waals surface area (Å²) in [7, 11) is 0. The molecule has 1 aromatic rings. The van der Waals surface area contributed by atoms with Gasteiger partial charge in [-0.1, -0.05) is 0 Å². The molecule has 1 nitrogen and oxygen atoms in total. The van der Waals surface area contributed by atoms with Gasteiger partial charge in [-0.3, -0.25) is 0 Å². The van der Waals surface area contributed by atoms with Crippen LogP contribution in [0.1, 0.15) is 12.5 Å². The zero-order valence-corrected chi connectivity index (χ0v) is 9.68. The van der Waals surface area contributed by atoms with Crippen LogP contribution in [0.5, 0.6) is 0 Å². The van der Waals surface area contributed by atoms with Gasteiger partial charge >= 0.3 is 0 Å². The van der Waals surface area contributed by atoms with Gasteiger partial charge in [0.05, 0.1) is 0 Å². The maximum absolute atomic E-state index is 13.2. The Morgan fingerprint density at radius 2 is 1.35 bits per heavy atom. The van der Waals surface area contributed by atoms with Gasteiger partial charge in [-0.05, 0) is 6.92 Å². The van der Waals surface area contributed by atoms with Crippen LogP contribution in [0.25, 0.3) is 0 Å². The lowest BCUT2D eigenvalue weighted by molar-refractivity contribution is 0.372. The summed E-state index contributed by atoms with van der Waals surface area (Å²) in [6.45, 7) is 1.67. The SMILES string of the molecule is CC(N)CSCc1c(F)c(F)c(F)c(F)c1F. The van der Waals surface area contributed by atoms with E-state index in [1.807, 2.05) is 0 Å². The maximum atomic E-state index is 13.2. The van der Waals surface area contributed by atoms with Gasteiger partial charge < -0.3 is 5.73 Å². The molecule has 0 aliphatic carbocycles. The molecule has 1 aromatic carbocycles. The minimum Gasteiger partial charge on any atom is -0.327 e. The summed E-state index contributed by atoms with van der Waals surface area (Å²) in [5.74, 6) is -9.48. The molecule has 0 saturated carbocycles. The third-order valence-corrected chi connectivity index (χ3v) is 3.18. The van der Waals surface area contributed by atoms with Crippen LogP contribution in [0.4, 0.5) is 22.0 Å². The van der Waals surface area contributed by atoms with E-state index in [1.165, 1.54) is 0 Å². The topological polar surface area (TPSA) is 26.0 Å². The molecule has 0 heterocycles. The molecular formula is C10H10F5NS. The Morgan fingerprint density at radius 1 is 0.941 bits per heavy atom. The van der Waals surface area contributed by atoms with E-state index in [4.69, 9.17) is 5.73 Å². The molecule has 7 heteroatoms. The summed E-state index contributed by atoms with van der Waals surface area (Å²) in [4.78, 5) is 0. The van der Waals surface area contributed by atoms with E-state index < -0.39 is 34.6 Å². The highest BCUT2D eigenvalue weighted by Crippen LogP contribution is 2.26. The quantitative estimate of drug-likeness (QED) is 0.517. The molecular weight excluding hydrogens is 261 g/mol. The average Bonchev–Trinajstić information content (AvgIpc) is 2.28. The van der Waals surface area contributed by atoms with E-state index in [0.717, 1.165) is 11.8 Å². The second-order valence-electron chi connectivity index (χ2n) is 3.54. The summed E-state index contributed by atoms with van der Waals surface area (Å²) >= 11 is 1.01. The van der Waals surface area contributed by atoms with Gasteiger partial charge in [0.25, 0.3) is 0 Å². The Morgan fingerprint density at radius 3 is 1.76 bits per heavy atom. The van der Waals surface area contributed by atoms with Gasteiger partial charge in [-0.25, -0.2) is 22.0 Å². The van der Waals surface area contributed by atoms with Crippen molar-refractivity contribution < 1.29 is 22.0 Å². The number of halogens is 5. The molecule has 1 rings (SSSR count). The number of nitrogens with two attached hydrogens (primary N) is 1. The number of hydrogen-bond acceptors (Lipinski definition) is 2. The molecule has 96 valence electrons. The molecule has 0 saturated heterocycles. The van der Waals surface area contributed by atoms with Gasteiger partial charge in [-0.2, -0.15) is 11.8 Å². The van der Waals surface area contributed by atoms with Crippen molar-refractivity contribution in [3.63, 3.8) is 0 Å². The van der Waals surface area contributed by atoms with E-state index >= 15 is 0 Å². The number of hydrogen-bond donors (Lipinski definition) is 1. The Balaban J connectivity index is 2.99. The van der Waals surface area contributed by atoms with E-state index in [9.17, 15) is 22.0 Å². The van der Waals surface area contributed by atoms with Crippen molar-refractivity contribution in [3.8, 4) is 0 Å². The largest absolute Gasteiger partial charge is 0.327 e. The number of benzene rings is 1. The molecule has 0 fully saturated rings. The number of thioether (sulfide) groups is 1. The number of rotatable bonds is 4. The summed E-state index contributed by atoms with van der Waals surface area (Å²) in [6.07, 6.45) is 0. The van der Waals surface area contributed by atoms with Crippen molar-refractivity contribution in [1.82, 2.24) is 0 Å². The van der Waals surface area contributed by atoms with Crippen molar-refractivity contribution in [2.75, 3.05) is 5.75 Å². The van der Waals surface area contributed by atoms with E-state index in [1.54, 1.807) is 6.92 Å². The summed E-state index contributed by atoms with van der Waals surface area (Å²) in [5.41, 5.74) is 4.59. The Bertz CT molecular complexity index is 393. The van der Waals surface area contributed by atoms with E-state index in [2.05, 4.69) is 0 Å². The predicted molar refractivity (Wildman–Crippen MR) is 56.0 cm³/mol. The Labute approximate surface area is 99.2 Å². The molecule has 1 unspecified atom stereocenters. The lowest BCUT2D eigenvalue weighted by atomic mass is 10.2. The van der Waals surface area contributed by atoms with Crippen LogP contribution in [-0.4, -0.2) is 11.8 Å². The second-order valence-corrected chi connectivity index (χ2v) is 4.57. The Hall–Kier alpha value is -0.820. The molecule has 2 N–H and O–H groups in total. The van der Waals surface area contributed by atoms with Gasteiger partial charge in [0.2, 0.25) is 5.82 Å². The molecule has 0 radical (unpaired) electrons. The van der Waals surface area contributed by atoms with Gasteiger partial charge in [0.1, 0.15) is 0 Å².